The number of hydrogen-bond acceptors (Lipinski definition) is 9. The molecule has 0 fully saturated rings. The number of aromatic nitrogens is 2. The summed E-state index contributed by atoms with van der Waals surface area (Å²) in [5.41, 5.74) is 3.42. The lowest BCUT2D eigenvalue weighted by atomic mass is 10.1. The number of urea groups is 1. The summed E-state index contributed by atoms with van der Waals surface area (Å²) in [6.45, 7) is 4.70. The highest BCUT2D eigenvalue weighted by atomic mass is 32.2. The van der Waals surface area contributed by atoms with E-state index < -0.39 is 0 Å². The van der Waals surface area contributed by atoms with Crippen molar-refractivity contribution in [2.24, 2.45) is 0 Å². The normalized spacial score (nSPS) is 10.8. The van der Waals surface area contributed by atoms with Gasteiger partial charge in [0.05, 0.1) is 70.5 Å². The zero-order valence-corrected chi connectivity index (χ0v) is 28.0. The van der Waals surface area contributed by atoms with Crippen LogP contribution in [-0.4, -0.2) is 102 Å². The van der Waals surface area contributed by atoms with Gasteiger partial charge in [-0.3, -0.25) is 9.89 Å². The second-order valence-corrected chi connectivity index (χ2v) is 11.2. The molecule has 4 rings (SSSR count). The van der Waals surface area contributed by atoms with Gasteiger partial charge in [0.2, 0.25) is 0 Å². The molecule has 0 aliphatic carbocycles. The summed E-state index contributed by atoms with van der Waals surface area (Å²) in [7, 11) is 3.25. The number of carbonyl (C=O) groups excluding carboxylic acids is 2. The molecule has 0 spiro atoms. The first-order valence-electron chi connectivity index (χ1n) is 15.5. The first-order chi connectivity index (χ1) is 23.6. The molecule has 48 heavy (non-hydrogen) atoms. The second-order valence-electron chi connectivity index (χ2n) is 10.1. The van der Waals surface area contributed by atoms with Crippen LogP contribution in [0.15, 0.2) is 76.5 Å². The molecule has 0 saturated heterocycles. The van der Waals surface area contributed by atoms with Gasteiger partial charge in [0, 0.05) is 47.1 Å². The van der Waals surface area contributed by atoms with Crippen molar-refractivity contribution >= 4 is 40.3 Å². The molecule has 3 aromatic carbocycles. The SMILES string of the molecule is CNC(=O)c1ccccc1Sc1ccc2c(C#Cc3cccc(NC(=O)NCCOCCOCCOCCOCCOC)c3)n[nH]c2c1. The highest BCUT2D eigenvalue weighted by Gasteiger charge is 2.12. The number of methoxy groups -OCH3 is 1. The van der Waals surface area contributed by atoms with E-state index in [2.05, 4.69) is 38.0 Å². The number of amides is 3. The molecule has 0 bridgehead atoms. The predicted molar refractivity (Wildman–Crippen MR) is 185 cm³/mol. The van der Waals surface area contributed by atoms with Gasteiger partial charge in [0.15, 0.2) is 0 Å². The Bertz CT molecular complexity index is 1670. The first-order valence-corrected chi connectivity index (χ1v) is 16.3. The van der Waals surface area contributed by atoms with E-state index in [1.807, 2.05) is 48.5 Å². The summed E-state index contributed by atoms with van der Waals surface area (Å²) in [5.74, 6) is 6.13. The van der Waals surface area contributed by atoms with Gasteiger partial charge in [-0.25, -0.2) is 4.79 Å². The summed E-state index contributed by atoms with van der Waals surface area (Å²) < 4.78 is 26.6. The van der Waals surface area contributed by atoms with Gasteiger partial charge < -0.3 is 39.6 Å². The molecule has 0 saturated carbocycles. The number of nitrogens with zero attached hydrogens (tertiary/aromatic N) is 1. The highest BCUT2D eigenvalue weighted by molar-refractivity contribution is 7.99. The van der Waals surface area contributed by atoms with E-state index in [1.54, 1.807) is 32.4 Å². The Labute approximate surface area is 284 Å². The van der Waals surface area contributed by atoms with Crippen LogP contribution in [0.3, 0.4) is 0 Å². The molecule has 0 radical (unpaired) electrons. The Morgan fingerprint density at radius 3 is 2.25 bits per heavy atom. The maximum atomic E-state index is 12.4. The smallest absolute Gasteiger partial charge is 0.319 e. The van der Waals surface area contributed by atoms with Crippen molar-refractivity contribution in [3.05, 3.63) is 83.6 Å². The van der Waals surface area contributed by atoms with Crippen LogP contribution in [0, 0.1) is 11.8 Å². The summed E-state index contributed by atoms with van der Waals surface area (Å²) in [5, 5.41) is 16.6. The number of H-pyrrole nitrogens is 1. The van der Waals surface area contributed by atoms with E-state index in [1.165, 1.54) is 11.8 Å². The van der Waals surface area contributed by atoms with Crippen LogP contribution in [0.1, 0.15) is 21.6 Å². The van der Waals surface area contributed by atoms with Gasteiger partial charge in [0.25, 0.3) is 5.91 Å². The van der Waals surface area contributed by atoms with Crippen LogP contribution in [-0.2, 0) is 23.7 Å². The third-order valence-electron chi connectivity index (χ3n) is 6.65. The van der Waals surface area contributed by atoms with Crippen molar-refractivity contribution in [2.75, 3.05) is 85.5 Å². The van der Waals surface area contributed by atoms with E-state index in [9.17, 15) is 9.59 Å². The minimum Gasteiger partial charge on any atom is -0.382 e. The number of aromatic amines is 1. The summed E-state index contributed by atoms with van der Waals surface area (Å²) in [6.07, 6.45) is 0. The van der Waals surface area contributed by atoms with Crippen molar-refractivity contribution in [3.63, 3.8) is 0 Å². The van der Waals surface area contributed by atoms with Crippen LogP contribution in [0.5, 0.6) is 0 Å². The van der Waals surface area contributed by atoms with Crippen LogP contribution < -0.4 is 16.0 Å². The fourth-order valence-corrected chi connectivity index (χ4v) is 5.27. The Morgan fingerprint density at radius 2 is 1.52 bits per heavy atom. The van der Waals surface area contributed by atoms with E-state index >= 15 is 0 Å². The Balaban J connectivity index is 1.16. The lowest BCUT2D eigenvalue weighted by molar-refractivity contribution is -0.00737. The Morgan fingerprint density at radius 1 is 0.812 bits per heavy atom. The minimum atomic E-state index is -0.340. The third kappa shape index (κ3) is 12.3. The molecule has 0 aliphatic heterocycles. The summed E-state index contributed by atoms with van der Waals surface area (Å²) in [4.78, 5) is 26.4. The molecular formula is C35H41N5O7S. The monoisotopic (exact) mass is 675 g/mol. The summed E-state index contributed by atoms with van der Waals surface area (Å²) in [6, 6.07) is 20.4. The van der Waals surface area contributed by atoms with E-state index in [0.717, 1.165) is 26.3 Å². The number of hydrogen-bond donors (Lipinski definition) is 4. The van der Waals surface area contributed by atoms with Crippen LogP contribution in [0.4, 0.5) is 10.5 Å². The molecule has 4 N–H and O–H groups in total. The molecule has 1 aromatic heterocycles. The number of benzene rings is 3. The van der Waals surface area contributed by atoms with Crippen molar-refractivity contribution in [2.45, 2.75) is 9.79 Å². The number of ether oxygens (including phenoxy) is 5. The number of rotatable bonds is 19. The highest BCUT2D eigenvalue weighted by Crippen LogP contribution is 2.32. The van der Waals surface area contributed by atoms with Gasteiger partial charge in [-0.05, 0) is 54.5 Å². The molecule has 1 heterocycles. The lowest BCUT2D eigenvalue weighted by Gasteiger charge is -2.09. The molecule has 13 heteroatoms. The number of carbonyl (C=O) groups is 2. The fourth-order valence-electron chi connectivity index (χ4n) is 4.28. The van der Waals surface area contributed by atoms with Gasteiger partial charge in [-0.2, -0.15) is 5.10 Å². The average Bonchev–Trinajstić information content (AvgIpc) is 3.51. The molecule has 0 atom stereocenters. The van der Waals surface area contributed by atoms with Crippen molar-refractivity contribution in [3.8, 4) is 11.8 Å². The van der Waals surface area contributed by atoms with Crippen molar-refractivity contribution in [1.29, 1.82) is 0 Å². The third-order valence-corrected chi connectivity index (χ3v) is 7.71. The average molecular weight is 676 g/mol. The van der Waals surface area contributed by atoms with Gasteiger partial charge in [-0.1, -0.05) is 35.9 Å². The first kappa shape index (κ1) is 36.4. The molecule has 0 unspecified atom stereocenters. The van der Waals surface area contributed by atoms with E-state index in [0.29, 0.717) is 83.0 Å². The van der Waals surface area contributed by atoms with E-state index in [4.69, 9.17) is 23.7 Å². The quantitative estimate of drug-likeness (QED) is 0.0844. The summed E-state index contributed by atoms with van der Waals surface area (Å²) >= 11 is 1.51. The van der Waals surface area contributed by atoms with Crippen LogP contribution in [0.2, 0.25) is 0 Å². The molecular weight excluding hydrogens is 634 g/mol. The molecule has 4 aromatic rings. The zero-order valence-electron chi connectivity index (χ0n) is 27.1. The van der Waals surface area contributed by atoms with Gasteiger partial charge in [-0.15, -0.1) is 0 Å². The lowest BCUT2D eigenvalue weighted by Crippen LogP contribution is -2.31. The maximum Gasteiger partial charge on any atom is 0.319 e. The Hall–Kier alpha value is -4.42. The standard InChI is InChI=1S/C35H41N5O7S/c1-36-34(41)30-8-3-4-9-33(30)48-28-11-12-29-31(39-40-32(29)25-28)13-10-26-6-5-7-27(24-26)38-35(42)37-14-15-44-18-19-46-22-23-47-21-20-45-17-16-43-2/h3-9,11-12,24-25H,14-23H2,1-2H3,(H,36,41)(H,39,40)(H2,37,38,42). The fraction of sp³-hybridized carbons (Fsp3) is 0.343. The minimum absolute atomic E-state index is 0.129. The number of nitrogens with one attached hydrogen (secondary N) is 4. The largest absolute Gasteiger partial charge is 0.382 e. The number of fused-ring (bicyclic) bond motifs is 1. The van der Waals surface area contributed by atoms with Gasteiger partial charge in [0.1, 0.15) is 5.69 Å². The van der Waals surface area contributed by atoms with Crippen molar-refractivity contribution < 1.29 is 33.3 Å². The molecule has 3 amide bonds. The van der Waals surface area contributed by atoms with E-state index in [-0.39, 0.29) is 11.9 Å². The molecule has 12 nitrogen and oxygen atoms in total. The Kier molecular flexibility index (Phi) is 15.7. The van der Waals surface area contributed by atoms with Crippen LogP contribution in [0.25, 0.3) is 10.9 Å². The zero-order chi connectivity index (χ0) is 33.8. The molecule has 0 aliphatic rings. The van der Waals surface area contributed by atoms with Gasteiger partial charge >= 0.3 is 6.03 Å². The number of anilines is 1. The predicted octanol–water partition coefficient (Wildman–Crippen LogP) is 4.31. The van der Waals surface area contributed by atoms with Crippen LogP contribution >= 0.6 is 11.8 Å². The van der Waals surface area contributed by atoms with Crippen molar-refractivity contribution in [1.82, 2.24) is 20.8 Å². The second kappa shape index (κ2) is 20.7. The molecule has 254 valence electrons. The maximum absolute atomic E-state index is 12.4. The topological polar surface area (TPSA) is 145 Å².